The van der Waals surface area contributed by atoms with Gasteiger partial charge in [0.25, 0.3) is 10.2 Å². The molecule has 0 aliphatic heterocycles. The first-order chi connectivity index (χ1) is 9.15. The molecule has 4 nitrogen and oxygen atoms in total. The van der Waals surface area contributed by atoms with Crippen LogP contribution in [-0.4, -0.2) is 14.0 Å². The highest BCUT2D eigenvalue weighted by Crippen LogP contribution is 2.23. The molecule has 0 aliphatic rings. The molecule has 2 aromatic rings. The van der Waals surface area contributed by atoms with E-state index in [1.54, 1.807) is 26.8 Å². The average Bonchev–Trinajstić information content (AvgIpc) is 2.25. The van der Waals surface area contributed by atoms with Crippen molar-refractivity contribution < 1.29 is 8.42 Å². The third-order valence-corrected chi connectivity index (χ3v) is 4.37. The first-order valence-electron chi connectivity index (χ1n) is 6.16. The second-order valence-electron chi connectivity index (χ2n) is 5.66. The van der Waals surface area contributed by atoms with Crippen molar-refractivity contribution in [2.75, 3.05) is 4.72 Å². The fraction of sp³-hybridized carbons (Fsp3) is 0.286. The van der Waals surface area contributed by atoms with Gasteiger partial charge in [0.2, 0.25) is 0 Å². The quantitative estimate of drug-likeness (QED) is 0.881. The van der Waals surface area contributed by atoms with Gasteiger partial charge in [-0.1, -0.05) is 28.1 Å². The van der Waals surface area contributed by atoms with E-state index >= 15 is 0 Å². The van der Waals surface area contributed by atoms with E-state index in [0.717, 1.165) is 15.2 Å². The minimum atomic E-state index is -3.58. The van der Waals surface area contributed by atoms with Crippen LogP contribution in [0.4, 0.5) is 5.69 Å². The molecule has 6 heteroatoms. The molecule has 0 fully saturated rings. The number of hydrogen-bond acceptors (Lipinski definition) is 2. The highest BCUT2D eigenvalue weighted by atomic mass is 79.9. The van der Waals surface area contributed by atoms with Gasteiger partial charge in [-0.25, -0.2) is 0 Å². The van der Waals surface area contributed by atoms with Gasteiger partial charge in [-0.05, 0) is 55.8 Å². The number of anilines is 1. The molecule has 2 N–H and O–H groups in total. The predicted molar refractivity (Wildman–Crippen MR) is 87.1 cm³/mol. The van der Waals surface area contributed by atoms with E-state index in [-0.39, 0.29) is 0 Å². The third kappa shape index (κ3) is 4.19. The summed E-state index contributed by atoms with van der Waals surface area (Å²) in [5.41, 5.74) is 0.0182. The zero-order chi connectivity index (χ0) is 15.0. The lowest BCUT2D eigenvalue weighted by Gasteiger charge is -2.21. The second kappa shape index (κ2) is 5.35. The van der Waals surface area contributed by atoms with Crippen molar-refractivity contribution in [3.63, 3.8) is 0 Å². The number of rotatable bonds is 3. The van der Waals surface area contributed by atoms with Crippen LogP contribution < -0.4 is 9.44 Å². The molecule has 20 heavy (non-hydrogen) atoms. The maximum Gasteiger partial charge on any atom is 0.299 e. The third-order valence-electron chi connectivity index (χ3n) is 2.50. The van der Waals surface area contributed by atoms with Gasteiger partial charge in [0.05, 0.1) is 5.69 Å². The van der Waals surface area contributed by atoms with Gasteiger partial charge < -0.3 is 0 Å². The van der Waals surface area contributed by atoms with E-state index in [9.17, 15) is 8.42 Å². The van der Waals surface area contributed by atoms with Crippen LogP contribution in [0.15, 0.2) is 40.9 Å². The Kier molecular flexibility index (Phi) is 4.09. The maximum atomic E-state index is 12.0. The molecule has 0 amide bonds. The Morgan fingerprint density at radius 2 is 1.60 bits per heavy atom. The lowest BCUT2D eigenvalue weighted by atomic mass is 10.1. The lowest BCUT2D eigenvalue weighted by Crippen LogP contribution is -2.43. The van der Waals surface area contributed by atoms with Crippen LogP contribution in [0, 0.1) is 0 Å². The van der Waals surface area contributed by atoms with Crippen LogP contribution >= 0.6 is 15.9 Å². The van der Waals surface area contributed by atoms with Crippen molar-refractivity contribution in [2.45, 2.75) is 26.3 Å². The molecule has 0 saturated carbocycles. The average molecular weight is 357 g/mol. The van der Waals surface area contributed by atoms with Crippen LogP contribution in [0.1, 0.15) is 20.8 Å². The summed E-state index contributed by atoms with van der Waals surface area (Å²) in [7, 11) is -3.58. The van der Waals surface area contributed by atoms with Crippen molar-refractivity contribution in [2.24, 2.45) is 0 Å². The van der Waals surface area contributed by atoms with Gasteiger partial charge >= 0.3 is 0 Å². The summed E-state index contributed by atoms with van der Waals surface area (Å²) in [6.45, 7) is 5.39. The number of hydrogen-bond donors (Lipinski definition) is 2. The fourth-order valence-corrected chi connectivity index (χ4v) is 3.54. The van der Waals surface area contributed by atoms with Crippen LogP contribution in [0.5, 0.6) is 0 Å². The zero-order valence-corrected chi connectivity index (χ0v) is 14.0. The van der Waals surface area contributed by atoms with E-state index < -0.39 is 15.7 Å². The summed E-state index contributed by atoms with van der Waals surface area (Å²) in [5, 5.41) is 2.02. The minimum absolute atomic E-state index is 0.520. The molecule has 0 aromatic heterocycles. The van der Waals surface area contributed by atoms with Gasteiger partial charge in [-0.2, -0.15) is 13.1 Å². The summed E-state index contributed by atoms with van der Waals surface area (Å²) in [6, 6.07) is 11.3. The zero-order valence-electron chi connectivity index (χ0n) is 11.6. The fourth-order valence-electron chi connectivity index (χ4n) is 1.86. The Morgan fingerprint density at radius 3 is 2.25 bits per heavy atom. The number of benzene rings is 2. The highest BCUT2D eigenvalue weighted by molar-refractivity contribution is 9.10. The van der Waals surface area contributed by atoms with E-state index in [1.165, 1.54) is 0 Å². The van der Waals surface area contributed by atoms with Gasteiger partial charge in [-0.15, -0.1) is 0 Å². The lowest BCUT2D eigenvalue weighted by molar-refractivity contribution is 0.494. The topological polar surface area (TPSA) is 58.2 Å². The Morgan fingerprint density at radius 1 is 1.00 bits per heavy atom. The van der Waals surface area contributed by atoms with Crippen LogP contribution in [0.3, 0.4) is 0 Å². The van der Waals surface area contributed by atoms with Crippen molar-refractivity contribution >= 4 is 42.6 Å². The van der Waals surface area contributed by atoms with Crippen LogP contribution in [-0.2, 0) is 10.2 Å². The monoisotopic (exact) mass is 356 g/mol. The van der Waals surface area contributed by atoms with Crippen molar-refractivity contribution in [3.05, 3.63) is 40.9 Å². The number of halogens is 1. The smallest absolute Gasteiger partial charge is 0.271 e. The Bertz CT molecular complexity index is 736. The Balaban J connectivity index is 2.28. The van der Waals surface area contributed by atoms with Crippen LogP contribution in [0.2, 0.25) is 0 Å². The van der Waals surface area contributed by atoms with E-state index in [2.05, 4.69) is 25.4 Å². The van der Waals surface area contributed by atoms with Gasteiger partial charge in [-0.3, -0.25) is 4.72 Å². The van der Waals surface area contributed by atoms with E-state index in [0.29, 0.717) is 5.69 Å². The summed E-state index contributed by atoms with van der Waals surface area (Å²) >= 11 is 3.41. The predicted octanol–water partition coefficient (Wildman–Crippen LogP) is 3.65. The molecule has 0 atom stereocenters. The van der Waals surface area contributed by atoms with Crippen molar-refractivity contribution in [1.29, 1.82) is 0 Å². The molecule has 2 aromatic carbocycles. The Labute approximate surface area is 127 Å². The summed E-state index contributed by atoms with van der Waals surface area (Å²) in [5.74, 6) is 0. The first kappa shape index (κ1) is 15.3. The molecular formula is C14H17BrN2O2S. The summed E-state index contributed by atoms with van der Waals surface area (Å²) in [4.78, 5) is 0. The molecule has 0 bridgehead atoms. The minimum Gasteiger partial charge on any atom is -0.271 e. The number of fused-ring (bicyclic) bond motifs is 1. The molecule has 0 unspecified atom stereocenters. The standard InChI is InChI=1S/C14H17BrN2O2S/c1-14(2,3)17-20(18,19)16-13-7-5-10-8-12(15)6-4-11(10)9-13/h4-9,16-17H,1-3H3. The molecule has 0 heterocycles. The Hall–Kier alpha value is -1.11. The maximum absolute atomic E-state index is 12.0. The normalized spacial score (nSPS) is 12.6. The van der Waals surface area contributed by atoms with Gasteiger partial charge in [0.1, 0.15) is 0 Å². The molecule has 2 rings (SSSR count). The molecule has 0 aliphatic carbocycles. The molecule has 0 spiro atoms. The largest absolute Gasteiger partial charge is 0.299 e. The van der Waals surface area contributed by atoms with E-state index in [1.807, 2.05) is 30.3 Å². The van der Waals surface area contributed by atoms with Gasteiger partial charge in [0, 0.05) is 10.0 Å². The van der Waals surface area contributed by atoms with E-state index in [4.69, 9.17) is 0 Å². The molecule has 0 saturated heterocycles. The van der Waals surface area contributed by atoms with Crippen LogP contribution in [0.25, 0.3) is 10.8 Å². The van der Waals surface area contributed by atoms with Crippen molar-refractivity contribution in [1.82, 2.24) is 4.72 Å². The highest BCUT2D eigenvalue weighted by Gasteiger charge is 2.19. The molecule has 108 valence electrons. The number of nitrogens with one attached hydrogen (secondary N) is 2. The summed E-state index contributed by atoms with van der Waals surface area (Å²) in [6.07, 6.45) is 0. The summed E-state index contributed by atoms with van der Waals surface area (Å²) < 4.78 is 30.0. The first-order valence-corrected chi connectivity index (χ1v) is 8.43. The molecular weight excluding hydrogens is 340 g/mol. The van der Waals surface area contributed by atoms with Gasteiger partial charge in [0.15, 0.2) is 0 Å². The second-order valence-corrected chi connectivity index (χ2v) is 7.99. The van der Waals surface area contributed by atoms with Crippen molar-refractivity contribution in [3.8, 4) is 0 Å². The molecule has 0 radical (unpaired) electrons. The SMILES string of the molecule is CC(C)(C)NS(=O)(=O)Nc1ccc2cc(Br)ccc2c1.